The van der Waals surface area contributed by atoms with Crippen LogP contribution in [0.5, 0.6) is 0 Å². The Balaban J connectivity index is 1.30. The third-order valence-electron chi connectivity index (χ3n) is 6.12. The first-order chi connectivity index (χ1) is 15.5. The smallest absolute Gasteiger partial charge is 0.368 e. The summed E-state index contributed by atoms with van der Waals surface area (Å²) >= 11 is 0. The molecular weight excluding hydrogens is 454 g/mol. The van der Waals surface area contributed by atoms with Gasteiger partial charge in [-0.25, -0.2) is 24.6 Å². The zero-order chi connectivity index (χ0) is 23.4. The zero-order valence-corrected chi connectivity index (χ0v) is 17.1. The standard InChI is InChI=1S/C19H18F6N8/c20-18(21,22)11-33-15-13(7-29-33)26-8-14(30-15)32-4-2-17(10-32)1-3-31(9-17)12-5-27-16(28-6-12)19(23,24)25/h5-8H,1-4,9-11H2. The van der Waals surface area contributed by atoms with Gasteiger partial charge in [-0.05, 0) is 12.8 Å². The van der Waals surface area contributed by atoms with Gasteiger partial charge >= 0.3 is 12.4 Å². The Kier molecular flexibility index (Phi) is 4.86. The lowest BCUT2D eigenvalue weighted by molar-refractivity contribution is -0.145. The number of nitrogens with zero attached hydrogens (tertiary/aromatic N) is 8. The largest absolute Gasteiger partial charge is 0.451 e. The normalized spacial score (nSPS) is 21.6. The van der Waals surface area contributed by atoms with Gasteiger partial charge < -0.3 is 9.80 Å². The first-order valence-electron chi connectivity index (χ1n) is 10.2. The summed E-state index contributed by atoms with van der Waals surface area (Å²) in [6.45, 7) is 1.26. The zero-order valence-electron chi connectivity index (χ0n) is 17.1. The van der Waals surface area contributed by atoms with Crippen LogP contribution < -0.4 is 9.80 Å². The summed E-state index contributed by atoms with van der Waals surface area (Å²) < 4.78 is 77.4. The van der Waals surface area contributed by atoms with E-state index in [9.17, 15) is 26.3 Å². The fourth-order valence-corrected chi connectivity index (χ4v) is 4.53. The highest BCUT2D eigenvalue weighted by atomic mass is 19.4. The van der Waals surface area contributed by atoms with Gasteiger partial charge in [0.1, 0.15) is 17.9 Å². The fourth-order valence-electron chi connectivity index (χ4n) is 4.53. The first-order valence-corrected chi connectivity index (χ1v) is 10.2. The number of alkyl halides is 6. The number of anilines is 2. The molecule has 0 N–H and O–H groups in total. The van der Waals surface area contributed by atoms with Crippen LogP contribution in [0.25, 0.3) is 11.2 Å². The van der Waals surface area contributed by atoms with Gasteiger partial charge in [0.15, 0.2) is 5.65 Å². The molecule has 5 rings (SSSR count). The number of halogens is 6. The predicted molar refractivity (Wildman–Crippen MR) is 105 cm³/mol. The molecule has 1 unspecified atom stereocenters. The molecule has 14 heteroatoms. The molecule has 0 amide bonds. The van der Waals surface area contributed by atoms with E-state index in [1.807, 2.05) is 9.80 Å². The van der Waals surface area contributed by atoms with Crippen molar-refractivity contribution in [3.05, 3.63) is 30.6 Å². The van der Waals surface area contributed by atoms with Crippen LogP contribution >= 0.6 is 0 Å². The molecule has 1 spiro atoms. The molecule has 2 aliphatic heterocycles. The molecule has 8 nitrogen and oxygen atoms in total. The minimum atomic E-state index is -4.59. The average molecular weight is 472 g/mol. The summed E-state index contributed by atoms with van der Waals surface area (Å²) in [5.74, 6) is -0.703. The van der Waals surface area contributed by atoms with Crippen LogP contribution in [0.3, 0.4) is 0 Å². The third kappa shape index (κ3) is 4.25. The molecular formula is C19H18F6N8. The topological polar surface area (TPSA) is 75.9 Å². The lowest BCUT2D eigenvalue weighted by atomic mass is 9.86. The Labute approximate surface area is 183 Å². The molecule has 0 radical (unpaired) electrons. The van der Waals surface area contributed by atoms with E-state index in [0.717, 1.165) is 17.5 Å². The van der Waals surface area contributed by atoms with Crippen molar-refractivity contribution in [2.75, 3.05) is 36.0 Å². The van der Waals surface area contributed by atoms with Gasteiger partial charge in [-0.15, -0.1) is 0 Å². The molecule has 33 heavy (non-hydrogen) atoms. The fraction of sp³-hybridized carbons (Fsp3) is 0.526. The summed E-state index contributed by atoms with van der Waals surface area (Å²) in [4.78, 5) is 19.4. The number of rotatable bonds is 3. The molecule has 5 heterocycles. The summed E-state index contributed by atoms with van der Waals surface area (Å²) in [6.07, 6.45) is -2.25. The Morgan fingerprint density at radius 1 is 0.848 bits per heavy atom. The first kappa shape index (κ1) is 21.6. The van der Waals surface area contributed by atoms with Crippen molar-refractivity contribution >= 4 is 22.7 Å². The molecule has 2 aliphatic rings. The maximum atomic E-state index is 12.8. The van der Waals surface area contributed by atoms with E-state index in [1.54, 1.807) is 0 Å². The Morgan fingerprint density at radius 2 is 1.52 bits per heavy atom. The van der Waals surface area contributed by atoms with Crippen LogP contribution in [-0.4, -0.2) is 62.1 Å². The van der Waals surface area contributed by atoms with Gasteiger partial charge in [-0.2, -0.15) is 31.4 Å². The van der Waals surface area contributed by atoms with E-state index < -0.39 is 24.7 Å². The van der Waals surface area contributed by atoms with E-state index in [4.69, 9.17) is 0 Å². The highest BCUT2D eigenvalue weighted by Crippen LogP contribution is 2.42. The van der Waals surface area contributed by atoms with Crippen molar-refractivity contribution < 1.29 is 26.3 Å². The molecule has 3 aromatic rings. The lowest BCUT2D eigenvalue weighted by Crippen LogP contribution is -2.31. The van der Waals surface area contributed by atoms with E-state index in [-0.39, 0.29) is 16.6 Å². The maximum absolute atomic E-state index is 12.8. The highest BCUT2D eigenvalue weighted by molar-refractivity contribution is 5.71. The Morgan fingerprint density at radius 3 is 2.18 bits per heavy atom. The van der Waals surface area contributed by atoms with Gasteiger partial charge in [0.2, 0.25) is 5.82 Å². The van der Waals surface area contributed by atoms with E-state index in [1.165, 1.54) is 24.8 Å². The summed E-state index contributed by atoms with van der Waals surface area (Å²) in [5.41, 5.74) is 0.758. The summed E-state index contributed by atoms with van der Waals surface area (Å²) in [5, 5.41) is 3.75. The summed E-state index contributed by atoms with van der Waals surface area (Å²) in [7, 11) is 0. The molecule has 2 fully saturated rings. The van der Waals surface area contributed by atoms with Crippen molar-refractivity contribution in [2.24, 2.45) is 5.41 Å². The monoisotopic (exact) mass is 472 g/mol. The van der Waals surface area contributed by atoms with E-state index >= 15 is 0 Å². The number of fused-ring (bicyclic) bond motifs is 1. The minimum absolute atomic E-state index is 0.0701. The number of hydrogen-bond acceptors (Lipinski definition) is 7. The van der Waals surface area contributed by atoms with Crippen molar-refractivity contribution in [2.45, 2.75) is 31.7 Å². The molecule has 0 bridgehead atoms. The lowest BCUT2D eigenvalue weighted by Gasteiger charge is -2.25. The van der Waals surface area contributed by atoms with Crippen molar-refractivity contribution in [1.82, 2.24) is 29.7 Å². The predicted octanol–water partition coefficient (Wildman–Crippen LogP) is 3.30. The minimum Gasteiger partial charge on any atom is -0.368 e. The van der Waals surface area contributed by atoms with Gasteiger partial charge in [0.05, 0.1) is 30.5 Å². The van der Waals surface area contributed by atoms with Gasteiger partial charge in [-0.1, -0.05) is 0 Å². The van der Waals surface area contributed by atoms with Crippen LogP contribution in [0, 0.1) is 5.41 Å². The second-order valence-corrected chi connectivity index (χ2v) is 8.46. The molecule has 2 saturated heterocycles. The second kappa shape index (κ2) is 7.42. The van der Waals surface area contributed by atoms with Crippen molar-refractivity contribution in [3.63, 3.8) is 0 Å². The Bertz CT molecular complexity index is 1160. The average Bonchev–Trinajstić information content (AvgIpc) is 3.46. The van der Waals surface area contributed by atoms with Crippen molar-refractivity contribution in [1.29, 1.82) is 0 Å². The maximum Gasteiger partial charge on any atom is 0.451 e. The van der Waals surface area contributed by atoms with Crippen LogP contribution in [0.15, 0.2) is 24.8 Å². The van der Waals surface area contributed by atoms with Gasteiger partial charge in [0, 0.05) is 31.6 Å². The van der Waals surface area contributed by atoms with E-state index in [0.29, 0.717) is 37.7 Å². The molecule has 0 aromatic carbocycles. The number of hydrogen-bond donors (Lipinski definition) is 0. The molecule has 3 aromatic heterocycles. The molecule has 0 saturated carbocycles. The van der Waals surface area contributed by atoms with Crippen molar-refractivity contribution in [3.8, 4) is 0 Å². The van der Waals surface area contributed by atoms with Gasteiger partial charge in [0.25, 0.3) is 0 Å². The van der Waals surface area contributed by atoms with Crippen LogP contribution in [0.2, 0.25) is 0 Å². The molecule has 1 atom stereocenters. The quantitative estimate of drug-likeness (QED) is 0.542. The summed E-state index contributed by atoms with van der Waals surface area (Å²) in [6, 6.07) is 0. The highest BCUT2D eigenvalue weighted by Gasteiger charge is 2.44. The third-order valence-corrected chi connectivity index (χ3v) is 6.12. The van der Waals surface area contributed by atoms with Crippen LogP contribution in [-0.2, 0) is 12.7 Å². The van der Waals surface area contributed by atoms with Crippen LogP contribution in [0.1, 0.15) is 18.7 Å². The molecule has 176 valence electrons. The molecule has 0 aliphatic carbocycles. The van der Waals surface area contributed by atoms with E-state index in [2.05, 4.69) is 25.0 Å². The van der Waals surface area contributed by atoms with Crippen LogP contribution in [0.4, 0.5) is 37.8 Å². The number of aromatic nitrogens is 6. The van der Waals surface area contributed by atoms with Gasteiger partial charge in [-0.3, -0.25) is 0 Å². The Hall–Kier alpha value is -3.19. The second-order valence-electron chi connectivity index (χ2n) is 8.46. The SMILES string of the molecule is FC(F)(F)Cn1ncc2ncc(N3CCC4(CCN(c5cnc(C(F)(F)F)nc5)C4)C3)nc21.